The van der Waals surface area contributed by atoms with E-state index >= 15 is 0 Å². The molecule has 1 fully saturated rings. The second kappa shape index (κ2) is 8.75. The number of thioether (sulfide) groups is 1. The first kappa shape index (κ1) is 19.7. The molecule has 2 aromatic rings. The summed E-state index contributed by atoms with van der Waals surface area (Å²) in [5.41, 5.74) is 4.10. The van der Waals surface area contributed by atoms with E-state index in [1.165, 1.54) is 11.8 Å². The smallest absolute Gasteiger partial charge is 0.234 e. The molecule has 1 aliphatic rings. The summed E-state index contributed by atoms with van der Waals surface area (Å²) < 4.78 is 9.12. The maximum Gasteiger partial charge on any atom is 0.234 e. The van der Waals surface area contributed by atoms with Gasteiger partial charge in [0, 0.05) is 21.6 Å². The van der Waals surface area contributed by atoms with Crippen LogP contribution < -0.4 is 5.32 Å². The van der Waals surface area contributed by atoms with Crippen molar-refractivity contribution in [3.05, 3.63) is 38.7 Å². The Kier molecular flexibility index (Phi) is 6.63. The predicted molar refractivity (Wildman–Crippen MR) is 114 cm³/mol. The monoisotopic (exact) mass is 485 g/mol. The van der Waals surface area contributed by atoms with Gasteiger partial charge in [-0.25, -0.2) is 4.98 Å². The van der Waals surface area contributed by atoms with E-state index in [9.17, 15) is 4.79 Å². The zero-order chi connectivity index (χ0) is 18.7. The third-order valence-electron chi connectivity index (χ3n) is 4.63. The van der Waals surface area contributed by atoms with Crippen LogP contribution >= 0.6 is 34.4 Å². The molecule has 7 heteroatoms. The van der Waals surface area contributed by atoms with Crippen LogP contribution in [-0.2, 0) is 16.1 Å². The van der Waals surface area contributed by atoms with Gasteiger partial charge in [0.05, 0.1) is 24.1 Å². The SMILES string of the molecule is Cc1cc(I)ccc1NC(=O)CSc1nc(C)c(C)n1C[C@H]1CCCO1. The topological polar surface area (TPSA) is 56.2 Å². The number of benzene rings is 1. The number of amides is 1. The lowest BCUT2D eigenvalue weighted by atomic mass is 10.2. The summed E-state index contributed by atoms with van der Waals surface area (Å²) in [6.45, 7) is 7.76. The third-order valence-corrected chi connectivity index (χ3v) is 6.28. The van der Waals surface area contributed by atoms with Crippen LogP contribution in [0, 0.1) is 24.3 Å². The number of imidazole rings is 1. The molecular formula is C19H24IN3O2S. The molecule has 0 radical (unpaired) electrons. The number of hydrogen-bond donors (Lipinski definition) is 1. The molecule has 0 bridgehead atoms. The molecule has 0 aliphatic carbocycles. The minimum Gasteiger partial charge on any atom is -0.376 e. The largest absolute Gasteiger partial charge is 0.376 e. The molecule has 1 aromatic carbocycles. The molecule has 0 unspecified atom stereocenters. The highest BCUT2D eigenvalue weighted by Gasteiger charge is 2.20. The van der Waals surface area contributed by atoms with Crippen LogP contribution in [0.25, 0.3) is 0 Å². The number of hydrogen-bond acceptors (Lipinski definition) is 4. The highest BCUT2D eigenvalue weighted by molar-refractivity contribution is 14.1. The fraction of sp³-hybridized carbons (Fsp3) is 0.474. The van der Waals surface area contributed by atoms with Crippen molar-refractivity contribution in [2.24, 2.45) is 0 Å². The molecule has 1 N–H and O–H groups in total. The van der Waals surface area contributed by atoms with Crippen LogP contribution in [0.5, 0.6) is 0 Å². The number of nitrogens with zero attached hydrogens (tertiary/aromatic N) is 2. The summed E-state index contributed by atoms with van der Waals surface area (Å²) in [5.74, 6) is 0.327. The molecule has 1 amide bonds. The maximum atomic E-state index is 12.4. The number of rotatable bonds is 6. The molecule has 1 aliphatic heterocycles. The van der Waals surface area contributed by atoms with Crippen molar-refractivity contribution < 1.29 is 9.53 Å². The van der Waals surface area contributed by atoms with Crippen LogP contribution in [0.1, 0.15) is 29.8 Å². The Labute approximate surface area is 172 Å². The lowest BCUT2D eigenvalue weighted by molar-refractivity contribution is -0.113. The zero-order valence-corrected chi connectivity index (χ0v) is 18.3. The number of anilines is 1. The zero-order valence-electron chi connectivity index (χ0n) is 15.3. The van der Waals surface area contributed by atoms with E-state index in [2.05, 4.69) is 50.4 Å². The number of ether oxygens (including phenoxy) is 1. The Bertz CT molecular complexity index is 800. The number of aryl methyl sites for hydroxylation is 2. The third kappa shape index (κ3) is 4.80. The van der Waals surface area contributed by atoms with Crippen LogP contribution in [0.2, 0.25) is 0 Å². The molecule has 26 heavy (non-hydrogen) atoms. The first-order valence-electron chi connectivity index (χ1n) is 8.78. The van der Waals surface area contributed by atoms with Crippen molar-refractivity contribution in [3.63, 3.8) is 0 Å². The fourth-order valence-corrected chi connectivity index (χ4v) is 4.57. The minimum absolute atomic E-state index is 0.0127. The summed E-state index contributed by atoms with van der Waals surface area (Å²) in [7, 11) is 0. The second-order valence-corrected chi connectivity index (χ2v) is 8.80. The molecule has 3 rings (SSSR count). The summed E-state index contributed by atoms with van der Waals surface area (Å²) >= 11 is 3.76. The van der Waals surface area contributed by atoms with E-state index in [0.717, 1.165) is 57.4 Å². The second-order valence-electron chi connectivity index (χ2n) is 6.61. The van der Waals surface area contributed by atoms with E-state index < -0.39 is 0 Å². The Morgan fingerprint density at radius 3 is 2.92 bits per heavy atom. The van der Waals surface area contributed by atoms with Crippen LogP contribution in [-0.4, -0.2) is 33.9 Å². The number of nitrogens with one attached hydrogen (secondary N) is 1. The van der Waals surface area contributed by atoms with Gasteiger partial charge in [0.25, 0.3) is 0 Å². The van der Waals surface area contributed by atoms with Gasteiger partial charge in [-0.1, -0.05) is 11.8 Å². The lowest BCUT2D eigenvalue weighted by Crippen LogP contribution is -2.18. The number of halogens is 1. The van der Waals surface area contributed by atoms with Crippen molar-refractivity contribution >= 4 is 45.9 Å². The fourth-order valence-electron chi connectivity index (χ4n) is 3.02. The first-order chi connectivity index (χ1) is 12.4. The summed E-state index contributed by atoms with van der Waals surface area (Å²) in [5, 5.41) is 3.89. The molecular weight excluding hydrogens is 461 g/mol. The van der Waals surface area contributed by atoms with E-state index in [1.54, 1.807) is 0 Å². The lowest BCUT2D eigenvalue weighted by Gasteiger charge is -2.14. The molecule has 1 aromatic heterocycles. The van der Waals surface area contributed by atoms with Gasteiger partial charge in [0.1, 0.15) is 0 Å². The van der Waals surface area contributed by atoms with E-state index in [4.69, 9.17) is 4.74 Å². The summed E-state index contributed by atoms with van der Waals surface area (Å²) in [6, 6.07) is 6.01. The molecule has 1 atom stereocenters. The number of aromatic nitrogens is 2. The first-order valence-corrected chi connectivity index (χ1v) is 10.8. The standard InChI is InChI=1S/C19H24IN3O2S/c1-12-9-15(20)6-7-17(12)22-18(24)11-26-19-21-13(2)14(3)23(19)10-16-5-4-8-25-16/h6-7,9,16H,4-5,8,10-11H2,1-3H3,(H,22,24)/t16-/m1/s1. The average molecular weight is 485 g/mol. The van der Waals surface area contributed by atoms with Crippen molar-refractivity contribution in [3.8, 4) is 0 Å². The van der Waals surface area contributed by atoms with E-state index in [1.807, 2.05) is 26.0 Å². The number of carbonyl (C=O) groups is 1. The molecule has 1 saturated heterocycles. The Hall–Kier alpha value is -1.06. The molecule has 2 heterocycles. The van der Waals surface area contributed by atoms with Crippen LogP contribution in [0.15, 0.2) is 23.4 Å². The molecule has 5 nitrogen and oxygen atoms in total. The van der Waals surface area contributed by atoms with Gasteiger partial charge < -0.3 is 14.6 Å². The van der Waals surface area contributed by atoms with Gasteiger partial charge in [-0.05, 0) is 80.0 Å². The minimum atomic E-state index is -0.0127. The van der Waals surface area contributed by atoms with Crippen molar-refractivity contribution in [2.45, 2.75) is 51.4 Å². The van der Waals surface area contributed by atoms with Crippen LogP contribution in [0.4, 0.5) is 5.69 Å². The average Bonchev–Trinajstić information content (AvgIpc) is 3.20. The molecule has 140 valence electrons. The molecule has 0 spiro atoms. The Morgan fingerprint density at radius 2 is 2.23 bits per heavy atom. The van der Waals surface area contributed by atoms with Crippen molar-refractivity contribution in [1.82, 2.24) is 9.55 Å². The Balaban J connectivity index is 1.63. The highest BCUT2D eigenvalue weighted by atomic mass is 127. The van der Waals surface area contributed by atoms with Crippen molar-refractivity contribution in [1.29, 1.82) is 0 Å². The quantitative estimate of drug-likeness (QED) is 0.489. The number of carbonyl (C=O) groups excluding carboxylic acids is 1. The summed E-state index contributed by atoms with van der Waals surface area (Å²) in [6.07, 6.45) is 2.47. The predicted octanol–water partition coefficient (Wildman–Crippen LogP) is 4.32. The summed E-state index contributed by atoms with van der Waals surface area (Å²) in [4.78, 5) is 17.0. The van der Waals surface area contributed by atoms with Gasteiger partial charge >= 0.3 is 0 Å². The Morgan fingerprint density at radius 1 is 1.42 bits per heavy atom. The highest BCUT2D eigenvalue weighted by Crippen LogP contribution is 2.25. The van der Waals surface area contributed by atoms with Gasteiger partial charge in [0.2, 0.25) is 5.91 Å². The van der Waals surface area contributed by atoms with Gasteiger partial charge in [0.15, 0.2) is 5.16 Å². The van der Waals surface area contributed by atoms with Crippen LogP contribution in [0.3, 0.4) is 0 Å². The van der Waals surface area contributed by atoms with E-state index in [0.29, 0.717) is 5.75 Å². The molecule has 0 saturated carbocycles. The normalized spacial score (nSPS) is 16.8. The maximum absolute atomic E-state index is 12.4. The van der Waals surface area contributed by atoms with Crippen molar-refractivity contribution in [2.75, 3.05) is 17.7 Å². The van der Waals surface area contributed by atoms with Gasteiger partial charge in [-0.2, -0.15) is 0 Å². The van der Waals surface area contributed by atoms with Gasteiger partial charge in [-0.3, -0.25) is 4.79 Å². The van der Waals surface area contributed by atoms with E-state index in [-0.39, 0.29) is 12.0 Å². The van der Waals surface area contributed by atoms with Gasteiger partial charge in [-0.15, -0.1) is 0 Å².